The van der Waals surface area contributed by atoms with Crippen molar-refractivity contribution in [3.8, 4) is 0 Å². The molecule has 0 aromatic heterocycles. The van der Waals surface area contributed by atoms with Gasteiger partial charge in [-0.05, 0) is 53.6 Å². The van der Waals surface area contributed by atoms with Crippen molar-refractivity contribution in [2.45, 2.75) is 58.5 Å². The van der Waals surface area contributed by atoms with E-state index in [0.717, 1.165) is 23.9 Å². The third-order valence-corrected chi connectivity index (χ3v) is 5.06. The number of rotatable bonds is 7. The molecule has 0 aliphatic carbocycles. The van der Waals surface area contributed by atoms with Crippen LogP contribution in [0.3, 0.4) is 0 Å². The number of thioether (sulfide) groups is 1. The molecule has 0 spiro atoms. The van der Waals surface area contributed by atoms with Crippen LogP contribution in [0.2, 0.25) is 0 Å². The molecule has 0 aromatic rings. The van der Waals surface area contributed by atoms with Crippen molar-refractivity contribution in [3.05, 3.63) is 0 Å². The summed E-state index contributed by atoms with van der Waals surface area (Å²) in [6.45, 7) is 11.1. The lowest BCUT2D eigenvalue weighted by Gasteiger charge is -2.21. The Morgan fingerprint density at radius 3 is 2.72 bits per heavy atom. The first-order chi connectivity index (χ1) is 8.47. The van der Waals surface area contributed by atoms with Crippen LogP contribution >= 0.6 is 11.8 Å². The Hall–Kier alpha value is -0.220. The third-order valence-electron chi connectivity index (χ3n) is 3.77. The number of unbranched alkanes of at least 4 members (excludes halogenated alkanes) is 1. The van der Waals surface area contributed by atoms with Gasteiger partial charge in [0.25, 0.3) is 0 Å². The van der Waals surface area contributed by atoms with Crippen LogP contribution in [0.5, 0.6) is 0 Å². The quantitative estimate of drug-likeness (QED) is 0.721. The predicted octanol–water partition coefficient (Wildman–Crippen LogP) is 2.97. The van der Waals surface area contributed by atoms with Crippen molar-refractivity contribution < 1.29 is 0 Å². The maximum Gasteiger partial charge on any atom is 0.157 e. The Labute approximate surface area is 117 Å². The van der Waals surface area contributed by atoms with E-state index in [9.17, 15) is 0 Å². The van der Waals surface area contributed by atoms with Crippen LogP contribution < -0.4 is 5.32 Å². The first-order valence-corrected chi connectivity index (χ1v) is 8.11. The molecule has 1 aliphatic rings. The number of nitrogens with one attached hydrogen (secondary N) is 1. The molecule has 1 saturated heterocycles. The van der Waals surface area contributed by atoms with Gasteiger partial charge >= 0.3 is 0 Å². The summed E-state index contributed by atoms with van der Waals surface area (Å²) in [5.41, 5.74) is 0.265. The fraction of sp³-hybridized carbons (Fsp3) is 0.929. The van der Waals surface area contributed by atoms with Gasteiger partial charge in [0.1, 0.15) is 0 Å². The van der Waals surface area contributed by atoms with Gasteiger partial charge in [-0.1, -0.05) is 18.7 Å². The molecule has 1 aliphatic heterocycles. The average molecular weight is 271 g/mol. The largest absolute Gasteiger partial charge is 0.359 e. The van der Waals surface area contributed by atoms with E-state index >= 15 is 0 Å². The van der Waals surface area contributed by atoms with E-state index in [-0.39, 0.29) is 5.54 Å². The van der Waals surface area contributed by atoms with Crippen molar-refractivity contribution in [1.82, 2.24) is 10.2 Å². The maximum absolute atomic E-state index is 4.66. The predicted molar refractivity (Wildman–Crippen MR) is 83.6 cm³/mol. The highest BCUT2D eigenvalue weighted by Gasteiger charge is 2.30. The Morgan fingerprint density at radius 1 is 1.44 bits per heavy atom. The normalized spacial score (nSPS) is 26.3. The van der Waals surface area contributed by atoms with E-state index in [0.29, 0.717) is 6.04 Å². The summed E-state index contributed by atoms with van der Waals surface area (Å²) in [6, 6.07) is 0.647. The number of aliphatic imine (C=N–C) groups is 1. The second-order valence-electron chi connectivity index (χ2n) is 5.80. The second kappa shape index (κ2) is 7.39. The van der Waals surface area contributed by atoms with E-state index in [2.05, 4.69) is 50.0 Å². The van der Waals surface area contributed by atoms with Gasteiger partial charge in [-0.3, -0.25) is 4.99 Å². The van der Waals surface area contributed by atoms with E-state index in [4.69, 9.17) is 0 Å². The summed E-state index contributed by atoms with van der Waals surface area (Å²) in [5, 5.41) is 4.69. The number of hydrogen-bond acceptors (Lipinski definition) is 3. The monoisotopic (exact) mass is 271 g/mol. The van der Waals surface area contributed by atoms with Crippen molar-refractivity contribution in [1.29, 1.82) is 0 Å². The molecule has 4 heteroatoms. The first-order valence-electron chi connectivity index (χ1n) is 7.12. The van der Waals surface area contributed by atoms with Crippen molar-refractivity contribution >= 4 is 16.9 Å². The van der Waals surface area contributed by atoms with Crippen molar-refractivity contribution in [2.24, 2.45) is 4.99 Å². The average Bonchev–Trinajstić information content (AvgIpc) is 2.71. The molecule has 1 heterocycles. The van der Waals surface area contributed by atoms with Crippen LogP contribution in [0, 0.1) is 0 Å². The minimum absolute atomic E-state index is 0.265. The zero-order chi connectivity index (χ0) is 13.6. The van der Waals surface area contributed by atoms with Crippen LogP contribution in [-0.4, -0.2) is 47.5 Å². The van der Waals surface area contributed by atoms with E-state index in [1.165, 1.54) is 19.4 Å². The molecule has 0 radical (unpaired) electrons. The van der Waals surface area contributed by atoms with E-state index in [1.807, 2.05) is 11.8 Å². The number of amidine groups is 1. The van der Waals surface area contributed by atoms with Crippen LogP contribution in [0.25, 0.3) is 0 Å². The van der Waals surface area contributed by atoms with Crippen LogP contribution in [-0.2, 0) is 0 Å². The molecule has 106 valence electrons. The van der Waals surface area contributed by atoms with Crippen LogP contribution in [0.15, 0.2) is 4.99 Å². The Kier molecular flexibility index (Phi) is 6.50. The highest BCUT2D eigenvalue weighted by molar-refractivity contribution is 8.14. The lowest BCUT2D eigenvalue weighted by Crippen LogP contribution is -2.39. The van der Waals surface area contributed by atoms with E-state index < -0.39 is 0 Å². The van der Waals surface area contributed by atoms with Gasteiger partial charge in [-0.2, -0.15) is 0 Å². The zero-order valence-corrected chi connectivity index (χ0v) is 13.4. The molecule has 0 bridgehead atoms. The zero-order valence-electron chi connectivity index (χ0n) is 12.6. The van der Waals surface area contributed by atoms with Crippen molar-refractivity contribution in [2.75, 3.05) is 25.9 Å². The Bertz CT molecular complexity index is 278. The number of hydrogen-bond donors (Lipinski definition) is 1. The van der Waals surface area contributed by atoms with Gasteiger partial charge in [0, 0.05) is 23.9 Å². The molecule has 1 N–H and O–H groups in total. The van der Waals surface area contributed by atoms with Crippen molar-refractivity contribution in [3.63, 3.8) is 0 Å². The molecular weight excluding hydrogens is 242 g/mol. The second-order valence-corrected chi connectivity index (χ2v) is 6.76. The fourth-order valence-electron chi connectivity index (χ4n) is 1.75. The topological polar surface area (TPSA) is 27.6 Å². The highest BCUT2D eigenvalue weighted by atomic mass is 32.2. The maximum atomic E-state index is 4.66. The lowest BCUT2D eigenvalue weighted by atomic mass is 10.0. The summed E-state index contributed by atoms with van der Waals surface area (Å²) in [7, 11) is 2.19. The minimum atomic E-state index is 0.265. The van der Waals surface area contributed by atoms with E-state index in [1.54, 1.807) is 0 Å². The molecule has 0 aromatic carbocycles. The first kappa shape index (κ1) is 15.8. The van der Waals surface area contributed by atoms with Gasteiger partial charge in [0.05, 0.1) is 0 Å². The fourth-order valence-corrected chi connectivity index (χ4v) is 2.98. The van der Waals surface area contributed by atoms with Gasteiger partial charge in [-0.25, -0.2) is 0 Å². The SMILES string of the molecule is CCC1(C)CSC(=NCCCCN(C)C(C)C)N1. The third kappa shape index (κ3) is 5.19. The molecule has 0 amide bonds. The number of nitrogens with zero attached hydrogens (tertiary/aromatic N) is 2. The molecule has 1 unspecified atom stereocenters. The molecule has 3 nitrogen and oxygen atoms in total. The van der Waals surface area contributed by atoms with Gasteiger partial charge < -0.3 is 10.2 Å². The lowest BCUT2D eigenvalue weighted by molar-refractivity contribution is 0.269. The Balaban J connectivity index is 2.15. The van der Waals surface area contributed by atoms with Gasteiger partial charge in [0.2, 0.25) is 0 Å². The minimum Gasteiger partial charge on any atom is -0.359 e. The molecule has 18 heavy (non-hydrogen) atoms. The summed E-state index contributed by atoms with van der Waals surface area (Å²) in [6.07, 6.45) is 3.59. The van der Waals surface area contributed by atoms with Crippen LogP contribution in [0.4, 0.5) is 0 Å². The standard InChI is InChI=1S/C14H29N3S/c1-6-14(4)11-18-13(16-14)15-9-7-8-10-17(5)12(2)3/h12H,6-11H2,1-5H3,(H,15,16). The Morgan fingerprint density at radius 2 is 2.17 bits per heavy atom. The molecule has 0 saturated carbocycles. The molecule has 1 atom stereocenters. The molecular formula is C14H29N3S. The summed E-state index contributed by atoms with van der Waals surface area (Å²) in [5.74, 6) is 1.15. The molecule has 1 rings (SSSR count). The summed E-state index contributed by atoms with van der Waals surface area (Å²) < 4.78 is 0. The summed E-state index contributed by atoms with van der Waals surface area (Å²) in [4.78, 5) is 7.05. The highest BCUT2D eigenvalue weighted by Crippen LogP contribution is 2.25. The van der Waals surface area contributed by atoms with Gasteiger partial charge in [-0.15, -0.1) is 0 Å². The van der Waals surface area contributed by atoms with Crippen LogP contribution in [0.1, 0.15) is 47.0 Å². The van der Waals surface area contributed by atoms with Gasteiger partial charge in [0.15, 0.2) is 5.17 Å². The molecule has 1 fully saturated rings. The smallest absolute Gasteiger partial charge is 0.157 e. The summed E-state index contributed by atoms with van der Waals surface area (Å²) >= 11 is 1.87.